The Morgan fingerprint density at radius 1 is 1.16 bits per heavy atom. The third-order valence-electron chi connectivity index (χ3n) is 4.48. The average Bonchev–Trinajstić information content (AvgIpc) is 3.40. The molecule has 1 aliphatic carbocycles. The second-order valence-electron chi connectivity index (χ2n) is 6.31. The number of nitrogens with zero attached hydrogens (tertiary/aromatic N) is 1. The van der Waals surface area contributed by atoms with Gasteiger partial charge in [0, 0.05) is 31.2 Å². The SMILES string of the molecule is O=C(NCCN1CCOCC1)C1CC1C(=O)Nc1cc(Cl)ccc1Cl. The summed E-state index contributed by atoms with van der Waals surface area (Å²) >= 11 is 12.0. The van der Waals surface area contributed by atoms with Crippen molar-refractivity contribution in [1.82, 2.24) is 10.2 Å². The molecule has 1 heterocycles. The first-order valence-electron chi connectivity index (χ1n) is 8.38. The van der Waals surface area contributed by atoms with Gasteiger partial charge in [-0.2, -0.15) is 0 Å². The minimum Gasteiger partial charge on any atom is -0.379 e. The predicted molar refractivity (Wildman–Crippen MR) is 97.0 cm³/mol. The lowest BCUT2D eigenvalue weighted by Crippen LogP contribution is -2.41. The number of carbonyl (C=O) groups is 2. The molecule has 8 heteroatoms. The van der Waals surface area contributed by atoms with Crippen molar-refractivity contribution in [3.63, 3.8) is 0 Å². The fraction of sp³-hybridized carbons (Fsp3) is 0.529. The molecular weight excluding hydrogens is 365 g/mol. The molecule has 0 aromatic heterocycles. The smallest absolute Gasteiger partial charge is 0.228 e. The molecule has 2 amide bonds. The molecule has 0 spiro atoms. The minimum absolute atomic E-state index is 0.0643. The van der Waals surface area contributed by atoms with Crippen molar-refractivity contribution in [3.8, 4) is 0 Å². The van der Waals surface area contributed by atoms with Gasteiger partial charge in [-0.15, -0.1) is 0 Å². The van der Waals surface area contributed by atoms with Crippen molar-refractivity contribution in [2.75, 3.05) is 44.7 Å². The summed E-state index contributed by atoms with van der Waals surface area (Å²) in [5.74, 6) is -0.829. The summed E-state index contributed by atoms with van der Waals surface area (Å²) in [6, 6.07) is 4.88. The number of hydrogen-bond acceptors (Lipinski definition) is 4. The van der Waals surface area contributed by atoms with Crippen LogP contribution in [0.1, 0.15) is 6.42 Å². The quantitative estimate of drug-likeness (QED) is 0.785. The van der Waals surface area contributed by atoms with Crippen LogP contribution in [0.25, 0.3) is 0 Å². The van der Waals surface area contributed by atoms with Crippen molar-refractivity contribution in [1.29, 1.82) is 0 Å². The number of anilines is 1. The van der Waals surface area contributed by atoms with Crippen LogP contribution in [0.3, 0.4) is 0 Å². The Morgan fingerprint density at radius 3 is 2.64 bits per heavy atom. The molecule has 1 aliphatic heterocycles. The van der Waals surface area contributed by atoms with E-state index in [1.165, 1.54) is 0 Å². The van der Waals surface area contributed by atoms with E-state index in [0.29, 0.717) is 28.7 Å². The summed E-state index contributed by atoms with van der Waals surface area (Å²) in [7, 11) is 0. The molecule has 2 atom stereocenters. The van der Waals surface area contributed by atoms with Gasteiger partial charge in [0.2, 0.25) is 11.8 Å². The lowest BCUT2D eigenvalue weighted by Gasteiger charge is -2.26. The molecule has 25 heavy (non-hydrogen) atoms. The monoisotopic (exact) mass is 385 g/mol. The van der Waals surface area contributed by atoms with Gasteiger partial charge in [0.15, 0.2) is 0 Å². The van der Waals surface area contributed by atoms with Crippen molar-refractivity contribution in [2.45, 2.75) is 6.42 Å². The van der Waals surface area contributed by atoms with Gasteiger partial charge in [-0.05, 0) is 24.6 Å². The van der Waals surface area contributed by atoms with Crippen LogP contribution in [0.2, 0.25) is 10.0 Å². The second-order valence-corrected chi connectivity index (χ2v) is 7.15. The number of hydrogen-bond donors (Lipinski definition) is 2. The molecule has 136 valence electrons. The zero-order valence-corrected chi connectivity index (χ0v) is 15.3. The van der Waals surface area contributed by atoms with E-state index in [2.05, 4.69) is 15.5 Å². The number of halogens is 2. The van der Waals surface area contributed by atoms with Crippen LogP contribution in [-0.4, -0.2) is 56.1 Å². The lowest BCUT2D eigenvalue weighted by atomic mass is 10.2. The number of ether oxygens (including phenoxy) is 1. The van der Waals surface area contributed by atoms with Crippen molar-refractivity contribution in [2.24, 2.45) is 11.8 Å². The van der Waals surface area contributed by atoms with E-state index in [1.807, 2.05) is 0 Å². The number of morpholine rings is 1. The van der Waals surface area contributed by atoms with Crippen LogP contribution in [0.4, 0.5) is 5.69 Å². The van der Waals surface area contributed by atoms with Crippen LogP contribution in [0, 0.1) is 11.8 Å². The maximum Gasteiger partial charge on any atom is 0.228 e. The average molecular weight is 386 g/mol. The summed E-state index contributed by atoms with van der Waals surface area (Å²) in [6.45, 7) is 4.66. The van der Waals surface area contributed by atoms with Crippen molar-refractivity contribution in [3.05, 3.63) is 28.2 Å². The van der Waals surface area contributed by atoms with E-state index in [4.69, 9.17) is 27.9 Å². The van der Waals surface area contributed by atoms with Crippen LogP contribution in [-0.2, 0) is 14.3 Å². The van der Waals surface area contributed by atoms with E-state index in [1.54, 1.807) is 18.2 Å². The number of rotatable bonds is 6. The Balaban J connectivity index is 1.41. The van der Waals surface area contributed by atoms with Crippen molar-refractivity contribution >= 4 is 40.7 Å². The van der Waals surface area contributed by atoms with Crippen molar-refractivity contribution < 1.29 is 14.3 Å². The molecule has 6 nitrogen and oxygen atoms in total. The molecule has 1 aromatic carbocycles. The third kappa shape index (κ3) is 5.07. The van der Waals surface area contributed by atoms with E-state index in [0.717, 1.165) is 32.8 Å². The van der Waals surface area contributed by atoms with Gasteiger partial charge in [-0.25, -0.2) is 0 Å². The zero-order chi connectivity index (χ0) is 17.8. The first-order chi connectivity index (χ1) is 12.0. The molecule has 0 radical (unpaired) electrons. The highest BCUT2D eigenvalue weighted by molar-refractivity contribution is 6.35. The normalized spacial score (nSPS) is 23.1. The second kappa shape index (κ2) is 8.36. The number of nitrogens with one attached hydrogen (secondary N) is 2. The van der Waals surface area contributed by atoms with Gasteiger partial charge in [0.05, 0.1) is 35.8 Å². The van der Waals surface area contributed by atoms with Crippen LogP contribution < -0.4 is 10.6 Å². The predicted octanol–water partition coefficient (Wildman–Crippen LogP) is 2.02. The number of benzene rings is 1. The molecule has 2 fully saturated rings. The fourth-order valence-electron chi connectivity index (χ4n) is 2.89. The van der Waals surface area contributed by atoms with Crippen LogP contribution in [0.5, 0.6) is 0 Å². The molecule has 0 bridgehead atoms. The highest BCUT2D eigenvalue weighted by Gasteiger charge is 2.48. The fourth-order valence-corrected chi connectivity index (χ4v) is 3.22. The van der Waals surface area contributed by atoms with E-state index < -0.39 is 0 Å². The first-order valence-corrected chi connectivity index (χ1v) is 9.14. The Labute approximate surface area is 156 Å². The maximum absolute atomic E-state index is 12.3. The topological polar surface area (TPSA) is 70.7 Å². The molecular formula is C17H21Cl2N3O3. The number of carbonyl (C=O) groups excluding carboxylic acids is 2. The molecule has 1 saturated carbocycles. The van der Waals surface area contributed by atoms with Crippen LogP contribution >= 0.6 is 23.2 Å². The van der Waals surface area contributed by atoms with E-state index in [9.17, 15) is 9.59 Å². The molecule has 2 aliphatic rings. The van der Waals surface area contributed by atoms with E-state index in [-0.39, 0.29) is 23.7 Å². The standard InChI is InChI=1S/C17H21Cl2N3O3/c18-11-1-2-14(19)15(9-11)21-17(24)13-10-12(13)16(23)20-3-4-22-5-7-25-8-6-22/h1-2,9,12-13H,3-8,10H2,(H,20,23)(H,21,24). The summed E-state index contributed by atoms with van der Waals surface area (Å²) < 4.78 is 5.29. The molecule has 3 rings (SSSR count). The molecule has 1 aromatic rings. The highest BCUT2D eigenvalue weighted by Crippen LogP contribution is 2.40. The van der Waals surface area contributed by atoms with Crippen LogP contribution in [0.15, 0.2) is 18.2 Å². The summed E-state index contributed by atoms with van der Waals surface area (Å²) in [5, 5.41) is 6.58. The Bertz CT molecular complexity index is 650. The summed E-state index contributed by atoms with van der Waals surface area (Å²) in [4.78, 5) is 26.7. The third-order valence-corrected chi connectivity index (χ3v) is 5.05. The lowest BCUT2D eigenvalue weighted by molar-refractivity contribution is -0.125. The van der Waals surface area contributed by atoms with Gasteiger partial charge >= 0.3 is 0 Å². The van der Waals surface area contributed by atoms with Gasteiger partial charge in [0.25, 0.3) is 0 Å². The maximum atomic E-state index is 12.3. The molecule has 1 saturated heterocycles. The van der Waals surface area contributed by atoms with Gasteiger partial charge in [-0.3, -0.25) is 14.5 Å². The van der Waals surface area contributed by atoms with Gasteiger partial charge in [0.1, 0.15) is 0 Å². The highest BCUT2D eigenvalue weighted by atomic mass is 35.5. The largest absolute Gasteiger partial charge is 0.379 e. The van der Waals surface area contributed by atoms with Gasteiger partial charge < -0.3 is 15.4 Å². The number of amides is 2. The van der Waals surface area contributed by atoms with E-state index >= 15 is 0 Å². The zero-order valence-electron chi connectivity index (χ0n) is 13.8. The minimum atomic E-state index is -0.307. The Kier molecular flexibility index (Phi) is 6.17. The summed E-state index contributed by atoms with van der Waals surface area (Å²) in [5.41, 5.74) is 0.470. The van der Waals surface area contributed by atoms with Gasteiger partial charge in [-0.1, -0.05) is 23.2 Å². The Hall–Kier alpha value is -1.34. The molecule has 2 N–H and O–H groups in total. The summed E-state index contributed by atoms with van der Waals surface area (Å²) in [6.07, 6.45) is 0.563. The molecule has 2 unspecified atom stereocenters. The first kappa shape index (κ1) is 18.5. The Morgan fingerprint density at radius 2 is 1.88 bits per heavy atom.